The van der Waals surface area contributed by atoms with E-state index in [4.69, 9.17) is 4.74 Å². The van der Waals surface area contributed by atoms with Gasteiger partial charge >= 0.3 is 0 Å². The lowest BCUT2D eigenvalue weighted by atomic mass is 10.1. The summed E-state index contributed by atoms with van der Waals surface area (Å²) in [4.78, 5) is 16.1. The summed E-state index contributed by atoms with van der Waals surface area (Å²) in [6, 6.07) is 8.06. The molecule has 2 heterocycles. The van der Waals surface area contributed by atoms with E-state index in [-0.39, 0.29) is 18.1 Å². The summed E-state index contributed by atoms with van der Waals surface area (Å²) in [5.41, 5.74) is 2.12. The predicted molar refractivity (Wildman–Crippen MR) is 79.1 cm³/mol. The molecule has 0 bridgehead atoms. The van der Waals surface area contributed by atoms with Crippen LogP contribution in [0.25, 0.3) is 5.69 Å². The van der Waals surface area contributed by atoms with Crippen LogP contribution >= 0.6 is 0 Å². The Labute approximate surface area is 124 Å². The van der Waals surface area contributed by atoms with Crippen molar-refractivity contribution in [3.63, 3.8) is 0 Å². The van der Waals surface area contributed by atoms with Gasteiger partial charge in [0.1, 0.15) is 6.10 Å². The van der Waals surface area contributed by atoms with Gasteiger partial charge in [-0.2, -0.15) is 0 Å². The van der Waals surface area contributed by atoms with Gasteiger partial charge in [0.25, 0.3) is 0 Å². The van der Waals surface area contributed by atoms with Crippen LogP contribution in [0.5, 0.6) is 0 Å². The summed E-state index contributed by atoms with van der Waals surface area (Å²) in [7, 11) is 0. The fraction of sp³-hybridized carbons (Fsp3) is 0.375. The van der Waals surface area contributed by atoms with Crippen LogP contribution in [0.3, 0.4) is 0 Å². The maximum Gasteiger partial charge on any atom is 0.249 e. The maximum absolute atomic E-state index is 12.0. The predicted octanol–water partition coefficient (Wildman–Crippen LogP) is 2.23. The number of carbonyl (C=O) groups excluding carboxylic acids is 1. The lowest BCUT2D eigenvalue weighted by molar-refractivity contribution is -0.130. The number of amides is 1. The molecule has 2 atom stereocenters. The number of aromatic nitrogens is 2. The first kappa shape index (κ1) is 13.8. The third-order valence-electron chi connectivity index (χ3n) is 3.78. The Morgan fingerprint density at radius 2 is 2.24 bits per heavy atom. The van der Waals surface area contributed by atoms with E-state index in [1.165, 1.54) is 0 Å². The molecule has 21 heavy (non-hydrogen) atoms. The average Bonchev–Trinajstić information content (AvgIpc) is 3.20. The van der Waals surface area contributed by atoms with Crippen molar-refractivity contribution in [3.8, 4) is 5.69 Å². The summed E-state index contributed by atoms with van der Waals surface area (Å²) >= 11 is 0. The number of hydrogen-bond donors (Lipinski definition) is 1. The largest absolute Gasteiger partial charge is 0.368 e. The molecule has 5 nitrogen and oxygen atoms in total. The lowest BCUT2D eigenvalue weighted by Crippen LogP contribution is -2.35. The smallest absolute Gasteiger partial charge is 0.249 e. The standard InChI is InChI=1S/C16H19N3O2/c1-12(18-16(20)15-3-2-10-21-15)13-4-6-14(7-5-13)19-9-8-17-11-19/h4-9,11-12,15H,2-3,10H2,1H3,(H,18,20). The molecule has 0 radical (unpaired) electrons. The molecule has 5 heteroatoms. The van der Waals surface area contributed by atoms with E-state index >= 15 is 0 Å². The molecule has 1 aromatic heterocycles. The number of benzene rings is 1. The van der Waals surface area contributed by atoms with Gasteiger partial charge in [-0.3, -0.25) is 4.79 Å². The molecular formula is C16H19N3O2. The van der Waals surface area contributed by atoms with Crippen LogP contribution in [-0.2, 0) is 9.53 Å². The van der Waals surface area contributed by atoms with Gasteiger partial charge in [-0.05, 0) is 37.5 Å². The van der Waals surface area contributed by atoms with Crippen molar-refractivity contribution in [3.05, 3.63) is 48.5 Å². The van der Waals surface area contributed by atoms with E-state index in [9.17, 15) is 4.79 Å². The van der Waals surface area contributed by atoms with E-state index < -0.39 is 0 Å². The van der Waals surface area contributed by atoms with Crippen molar-refractivity contribution in [1.82, 2.24) is 14.9 Å². The molecule has 3 rings (SSSR count). The Morgan fingerprint density at radius 1 is 1.43 bits per heavy atom. The minimum atomic E-state index is -0.280. The second-order valence-electron chi connectivity index (χ2n) is 5.29. The summed E-state index contributed by atoms with van der Waals surface area (Å²) < 4.78 is 7.34. The van der Waals surface area contributed by atoms with E-state index in [1.54, 1.807) is 12.5 Å². The van der Waals surface area contributed by atoms with Crippen molar-refractivity contribution in [2.75, 3.05) is 6.61 Å². The Balaban J connectivity index is 1.64. The van der Waals surface area contributed by atoms with E-state index in [0.29, 0.717) is 6.61 Å². The summed E-state index contributed by atoms with van der Waals surface area (Å²) in [6.07, 6.45) is 6.91. The first-order valence-corrected chi connectivity index (χ1v) is 7.24. The van der Waals surface area contributed by atoms with Gasteiger partial charge in [0.05, 0.1) is 12.4 Å². The molecule has 110 valence electrons. The Morgan fingerprint density at radius 3 is 2.86 bits per heavy atom. The van der Waals surface area contributed by atoms with Crippen LogP contribution in [0, 0.1) is 0 Å². The highest BCUT2D eigenvalue weighted by atomic mass is 16.5. The quantitative estimate of drug-likeness (QED) is 0.937. The first-order valence-electron chi connectivity index (χ1n) is 7.24. The van der Waals surface area contributed by atoms with Crippen LogP contribution in [0.2, 0.25) is 0 Å². The van der Waals surface area contributed by atoms with Gasteiger partial charge < -0.3 is 14.6 Å². The number of nitrogens with one attached hydrogen (secondary N) is 1. The molecule has 2 unspecified atom stereocenters. The zero-order valence-corrected chi connectivity index (χ0v) is 12.0. The van der Waals surface area contributed by atoms with Crippen LogP contribution in [0.1, 0.15) is 31.4 Å². The number of carbonyl (C=O) groups is 1. The van der Waals surface area contributed by atoms with Gasteiger partial charge in [0.15, 0.2) is 0 Å². The Bertz CT molecular complexity index is 586. The molecule has 1 aliphatic heterocycles. The van der Waals surface area contributed by atoms with E-state index in [1.807, 2.05) is 42.0 Å². The highest BCUT2D eigenvalue weighted by Crippen LogP contribution is 2.18. The summed E-state index contributed by atoms with van der Waals surface area (Å²) in [5, 5.41) is 3.01. The highest BCUT2D eigenvalue weighted by molar-refractivity contribution is 5.81. The second kappa shape index (κ2) is 6.10. The number of hydrogen-bond acceptors (Lipinski definition) is 3. The number of imidazole rings is 1. The second-order valence-corrected chi connectivity index (χ2v) is 5.29. The first-order chi connectivity index (χ1) is 10.2. The van der Waals surface area contributed by atoms with Gasteiger partial charge in [-0.25, -0.2) is 4.98 Å². The van der Waals surface area contributed by atoms with Crippen LogP contribution in [-0.4, -0.2) is 28.2 Å². The molecule has 1 N–H and O–H groups in total. The fourth-order valence-corrected chi connectivity index (χ4v) is 2.52. The van der Waals surface area contributed by atoms with E-state index in [0.717, 1.165) is 24.1 Å². The number of ether oxygens (including phenoxy) is 1. The van der Waals surface area contributed by atoms with Crippen molar-refractivity contribution < 1.29 is 9.53 Å². The molecule has 1 aromatic carbocycles. The normalized spacial score (nSPS) is 19.4. The molecular weight excluding hydrogens is 266 g/mol. The fourth-order valence-electron chi connectivity index (χ4n) is 2.52. The van der Waals surface area contributed by atoms with Crippen molar-refractivity contribution in [2.45, 2.75) is 31.9 Å². The zero-order chi connectivity index (χ0) is 14.7. The molecule has 0 aliphatic carbocycles. The topological polar surface area (TPSA) is 56.1 Å². The number of rotatable bonds is 4. The minimum absolute atomic E-state index is 0.0151. The van der Waals surface area contributed by atoms with Crippen LogP contribution in [0.4, 0.5) is 0 Å². The number of nitrogens with zero attached hydrogens (tertiary/aromatic N) is 2. The van der Waals surface area contributed by atoms with Crippen molar-refractivity contribution in [1.29, 1.82) is 0 Å². The molecule has 2 aromatic rings. The van der Waals surface area contributed by atoms with Crippen molar-refractivity contribution in [2.24, 2.45) is 0 Å². The Kier molecular flexibility index (Phi) is 4.01. The minimum Gasteiger partial charge on any atom is -0.368 e. The third kappa shape index (κ3) is 3.13. The molecule has 1 aliphatic rings. The lowest BCUT2D eigenvalue weighted by Gasteiger charge is -2.17. The van der Waals surface area contributed by atoms with Crippen LogP contribution < -0.4 is 5.32 Å². The zero-order valence-electron chi connectivity index (χ0n) is 12.0. The summed E-state index contributed by atoms with van der Waals surface area (Å²) in [5.74, 6) is -0.0151. The van der Waals surface area contributed by atoms with Gasteiger partial charge in [0.2, 0.25) is 5.91 Å². The third-order valence-corrected chi connectivity index (χ3v) is 3.78. The monoisotopic (exact) mass is 285 g/mol. The molecule has 0 saturated carbocycles. The maximum atomic E-state index is 12.0. The van der Waals surface area contributed by atoms with Crippen molar-refractivity contribution >= 4 is 5.91 Å². The van der Waals surface area contributed by atoms with Gasteiger partial charge in [0, 0.05) is 24.7 Å². The SMILES string of the molecule is CC(NC(=O)C1CCCO1)c1ccc(-n2ccnc2)cc1. The average molecular weight is 285 g/mol. The van der Waals surface area contributed by atoms with Gasteiger partial charge in [-0.1, -0.05) is 12.1 Å². The van der Waals surface area contributed by atoms with Gasteiger partial charge in [-0.15, -0.1) is 0 Å². The summed E-state index contributed by atoms with van der Waals surface area (Å²) in [6.45, 7) is 2.67. The molecule has 0 spiro atoms. The molecule has 1 fully saturated rings. The molecule has 1 amide bonds. The van der Waals surface area contributed by atoms with Crippen LogP contribution in [0.15, 0.2) is 43.0 Å². The molecule has 1 saturated heterocycles. The highest BCUT2D eigenvalue weighted by Gasteiger charge is 2.24. The van der Waals surface area contributed by atoms with E-state index in [2.05, 4.69) is 10.3 Å². The Hall–Kier alpha value is -2.14.